The summed E-state index contributed by atoms with van der Waals surface area (Å²) in [4.78, 5) is 24.6. The van der Waals surface area contributed by atoms with Crippen molar-refractivity contribution in [1.29, 1.82) is 0 Å². The number of ether oxygens (including phenoxy) is 1. The maximum absolute atomic E-state index is 12.5. The third-order valence-corrected chi connectivity index (χ3v) is 16.1. The fourth-order valence-electron chi connectivity index (χ4n) is 10.8. The third kappa shape index (κ3) is 63.1. The Morgan fingerprint density at radius 2 is 0.610 bits per heavy atom. The number of rotatable bonds is 65. The first-order valence-electron chi connectivity index (χ1n) is 34.8. The Balaban J connectivity index is 3.46. The molecule has 1 amide bonds. The van der Waals surface area contributed by atoms with Crippen LogP contribution in [0.25, 0.3) is 0 Å². The van der Waals surface area contributed by atoms with Crippen LogP contribution in [-0.2, 0) is 14.3 Å². The average Bonchev–Trinajstić information content (AvgIpc) is 3.43. The van der Waals surface area contributed by atoms with Crippen molar-refractivity contribution in [2.75, 3.05) is 13.2 Å². The molecule has 6 heteroatoms. The third-order valence-electron chi connectivity index (χ3n) is 16.1. The van der Waals surface area contributed by atoms with E-state index in [1.54, 1.807) is 6.08 Å². The number of hydrogen-bond acceptors (Lipinski definition) is 5. The molecule has 0 aliphatic heterocycles. The molecule has 6 nitrogen and oxygen atoms in total. The van der Waals surface area contributed by atoms with Gasteiger partial charge in [-0.3, -0.25) is 9.59 Å². The number of amides is 1. The maximum atomic E-state index is 12.5. The molecule has 0 fully saturated rings. The van der Waals surface area contributed by atoms with E-state index in [0.717, 1.165) is 57.8 Å². The van der Waals surface area contributed by atoms with Crippen LogP contribution in [0.15, 0.2) is 36.5 Å². The van der Waals surface area contributed by atoms with Crippen molar-refractivity contribution < 1.29 is 24.5 Å². The van der Waals surface area contributed by atoms with Gasteiger partial charge in [-0.25, -0.2) is 0 Å². The Hall–Kier alpha value is -1.92. The molecule has 0 bridgehead atoms. The molecule has 77 heavy (non-hydrogen) atoms. The second-order valence-corrected chi connectivity index (χ2v) is 23.9. The van der Waals surface area contributed by atoms with Crippen LogP contribution >= 0.6 is 0 Å². The molecule has 0 saturated heterocycles. The van der Waals surface area contributed by atoms with Gasteiger partial charge in [-0.1, -0.05) is 320 Å². The minimum Gasteiger partial charge on any atom is -0.466 e. The molecule has 2 atom stereocenters. The van der Waals surface area contributed by atoms with Gasteiger partial charge in [0.2, 0.25) is 5.91 Å². The number of esters is 1. The highest BCUT2D eigenvalue weighted by molar-refractivity contribution is 5.76. The summed E-state index contributed by atoms with van der Waals surface area (Å²) in [5.41, 5.74) is 0. The lowest BCUT2D eigenvalue weighted by atomic mass is 10.0. The quantitative estimate of drug-likeness (QED) is 0.0320. The average molecular weight is 1080 g/mol. The molecular formula is C71H135NO5. The van der Waals surface area contributed by atoms with Crippen LogP contribution in [0.3, 0.4) is 0 Å². The number of hydrogen-bond donors (Lipinski definition) is 3. The van der Waals surface area contributed by atoms with Crippen molar-refractivity contribution >= 4 is 11.9 Å². The number of aliphatic hydroxyl groups excluding tert-OH is 2. The fraction of sp³-hybridized carbons (Fsp3) is 0.887. The van der Waals surface area contributed by atoms with Crippen molar-refractivity contribution in [1.82, 2.24) is 5.32 Å². The van der Waals surface area contributed by atoms with Crippen LogP contribution in [0.1, 0.15) is 380 Å². The van der Waals surface area contributed by atoms with E-state index in [9.17, 15) is 19.8 Å². The van der Waals surface area contributed by atoms with E-state index in [1.807, 2.05) is 6.08 Å². The van der Waals surface area contributed by atoms with E-state index in [-0.39, 0.29) is 18.5 Å². The number of nitrogens with one attached hydrogen (secondary N) is 1. The second kappa shape index (κ2) is 66.6. The smallest absolute Gasteiger partial charge is 0.305 e. The zero-order chi connectivity index (χ0) is 55.7. The summed E-state index contributed by atoms with van der Waals surface area (Å²) in [7, 11) is 0. The Bertz CT molecular complexity index is 1250. The fourth-order valence-corrected chi connectivity index (χ4v) is 10.8. The zero-order valence-electron chi connectivity index (χ0n) is 52.0. The summed E-state index contributed by atoms with van der Waals surface area (Å²) in [5, 5.41) is 23.3. The van der Waals surface area contributed by atoms with Crippen LogP contribution in [0.5, 0.6) is 0 Å². The maximum Gasteiger partial charge on any atom is 0.305 e. The SMILES string of the molecule is CCCCCCCC/C=C\CCCCCCCCCC(=O)OCCCCCCCCCCC/C=C\CCCCCCCC(=O)NC(CO)C(O)/C=C/CCCCCCCCCCCCCCCCCCCCCCCCC. The van der Waals surface area contributed by atoms with Crippen LogP contribution < -0.4 is 5.32 Å². The summed E-state index contributed by atoms with van der Waals surface area (Å²) in [6.45, 7) is 4.91. The van der Waals surface area contributed by atoms with Crippen LogP contribution in [-0.4, -0.2) is 47.4 Å². The largest absolute Gasteiger partial charge is 0.466 e. The van der Waals surface area contributed by atoms with Gasteiger partial charge < -0.3 is 20.3 Å². The second-order valence-electron chi connectivity index (χ2n) is 23.9. The number of allylic oxidation sites excluding steroid dienone is 5. The highest BCUT2D eigenvalue weighted by Gasteiger charge is 2.18. The summed E-state index contributed by atoms with van der Waals surface area (Å²) in [5.74, 6) is -0.0792. The van der Waals surface area contributed by atoms with Crippen LogP contribution in [0, 0.1) is 0 Å². The minimum atomic E-state index is -0.855. The van der Waals surface area contributed by atoms with Gasteiger partial charge in [0, 0.05) is 12.8 Å². The Morgan fingerprint density at radius 1 is 0.351 bits per heavy atom. The van der Waals surface area contributed by atoms with Crippen LogP contribution in [0.4, 0.5) is 0 Å². The zero-order valence-corrected chi connectivity index (χ0v) is 52.0. The van der Waals surface area contributed by atoms with Gasteiger partial charge in [0.15, 0.2) is 0 Å². The summed E-state index contributed by atoms with van der Waals surface area (Å²) in [6, 6.07) is -0.640. The highest BCUT2D eigenvalue weighted by atomic mass is 16.5. The van der Waals surface area contributed by atoms with Crippen molar-refractivity contribution in [3.05, 3.63) is 36.5 Å². The van der Waals surface area contributed by atoms with E-state index in [0.29, 0.717) is 19.4 Å². The van der Waals surface area contributed by atoms with E-state index in [2.05, 4.69) is 43.5 Å². The number of aliphatic hydroxyl groups is 2. The lowest BCUT2D eigenvalue weighted by Crippen LogP contribution is -2.45. The molecule has 3 N–H and O–H groups in total. The van der Waals surface area contributed by atoms with E-state index in [1.165, 1.54) is 295 Å². The molecule has 454 valence electrons. The lowest BCUT2D eigenvalue weighted by molar-refractivity contribution is -0.143. The van der Waals surface area contributed by atoms with E-state index >= 15 is 0 Å². The first kappa shape index (κ1) is 75.1. The first-order valence-corrected chi connectivity index (χ1v) is 34.8. The Kier molecular flexibility index (Phi) is 64.9. The van der Waals surface area contributed by atoms with Crippen LogP contribution in [0.2, 0.25) is 0 Å². The summed E-state index contributed by atoms with van der Waals surface area (Å²) < 4.78 is 5.49. The molecular weight excluding hydrogens is 947 g/mol. The van der Waals surface area contributed by atoms with Gasteiger partial charge in [0.25, 0.3) is 0 Å². The molecule has 0 aromatic carbocycles. The molecule has 0 aliphatic carbocycles. The number of carbonyl (C=O) groups is 2. The normalized spacial score (nSPS) is 12.7. The molecule has 0 aliphatic rings. The van der Waals surface area contributed by atoms with Crippen molar-refractivity contribution in [2.45, 2.75) is 392 Å². The van der Waals surface area contributed by atoms with Crippen molar-refractivity contribution in [3.8, 4) is 0 Å². The summed E-state index contributed by atoms with van der Waals surface area (Å²) >= 11 is 0. The number of unbranched alkanes of at least 4 members (excludes halogenated alkanes) is 50. The van der Waals surface area contributed by atoms with E-state index in [4.69, 9.17) is 4.74 Å². The van der Waals surface area contributed by atoms with Gasteiger partial charge in [0.1, 0.15) is 0 Å². The molecule has 0 heterocycles. The van der Waals surface area contributed by atoms with Gasteiger partial charge in [0.05, 0.1) is 25.4 Å². The van der Waals surface area contributed by atoms with Crippen molar-refractivity contribution in [2.24, 2.45) is 0 Å². The first-order chi connectivity index (χ1) is 38.0. The Labute approximate surface area is 481 Å². The van der Waals surface area contributed by atoms with Crippen molar-refractivity contribution in [3.63, 3.8) is 0 Å². The predicted octanol–water partition coefficient (Wildman–Crippen LogP) is 22.3. The highest BCUT2D eigenvalue weighted by Crippen LogP contribution is 2.18. The molecule has 2 unspecified atom stereocenters. The Morgan fingerprint density at radius 3 is 0.922 bits per heavy atom. The standard InChI is InChI=1S/C71H135NO5/c1-3-5-7-9-11-13-15-17-19-21-22-23-24-25-26-27-28-32-35-39-43-47-51-55-59-63-69(74)68(67-73)72-70(75)64-60-56-52-48-44-40-36-33-29-30-34-38-42-46-50-54-58-62-66-77-71(76)65-61-57-53-49-45-41-37-31-20-18-16-14-12-10-8-6-4-2/h18,20,33,36,59,63,68-69,73-74H,3-17,19,21-32,34-35,37-58,60-62,64-67H2,1-2H3,(H,72,75)/b20-18-,36-33-,63-59+. The molecule has 0 aromatic heterocycles. The van der Waals surface area contributed by atoms with Gasteiger partial charge >= 0.3 is 5.97 Å². The lowest BCUT2D eigenvalue weighted by Gasteiger charge is -2.20. The molecule has 0 rings (SSSR count). The predicted molar refractivity (Wildman–Crippen MR) is 338 cm³/mol. The van der Waals surface area contributed by atoms with Gasteiger partial charge in [-0.15, -0.1) is 0 Å². The van der Waals surface area contributed by atoms with Gasteiger partial charge in [-0.05, 0) is 83.5 Å². The van der Waals surface area contributed by atoms with Gasteiger partial charge in [-0.2, -0.15) is 0 Å². The topological polar surface area (TPSA) is 95.9 Å². The number of carbonyl (C=O) groups excluding carboxylic acids is 2. The molecule has 0 spiro atoms. The molecule has 0 saturated carbocycles. The summed E-state index contributed by atoms with van der Waals surface area (Å²) in [6.07, 6.45) is 84.9. The molecule has 0 aromatic rings. The van der Waals surface area contributed by atoms with E-state index < -0.39 is 12.1 Å². The monoisotopic (exact) mass is 1080 g/mol. The minimum absolute atomic E-state index is 0.000501. The molecule has 0 radical (unpaired) electrons.